The van der Waals surface area contributed by atoms with Gasteiger partial charge in [0.05, 0.1) is 42.8 Å². The van der Waals surface area contributed by atoms with Crippen molar-refractivity contribution in [1.29, 1.82) is 0 Å². The minimum atomic E-state index is -3.73. The minimum absolute atomic E-state index is 0.133. The first-order valence-electron chi connectivity index (χ1n) is 8.71. The maximum absolute atomic E-state index is 12.6. The Balaban J connectivity index is 1.75. The van der Waals surface area contributed by atoms with Crippen molar-refractivity contribution in [2.45, 2.75) is 24.8 Å². The van der Waals surface area contributed by atoms with E-state index in [1.165, 1.54) is 19.2 Å². The number of fused-ring (bicyclic) bond motifs is 1. The van der Waals surface area contributed by atoms with Gasteiger partial charge in [0.25, 0.3) is 10.0 Å². The maximum atomic E-state index is 12.6. The number of benzene rings is 2. The van der Waals surface area contributed by atoms with Crippen LogP contribution in [0.15, 0.2) is 53.6 Å². The number of hydrogen-bond acceptors (Lipinski definition) is 6. The lowest BCUT2D eigenvalue weighted by Crippen LogP contribution is -2.12. The summed E-state index contributed by atoms with van der Waals surface area (Å²) in [5.41, 5.74) is 1.03. The number of carbonyl (C=O) groups excluding carboxylic acids is 1. The zero-order valence-electron chi connectivity index (χ0n) is 15.6. The Morgan fingerprint density at radius 3 is 2.61 bits per heavy atom. The number of carbonyl (C=O) groups is 1. The average Bonchev–Trinajstić information content (AvgIpc) is 3.08. The fraction of sp³-hybridized carbons (Fsp3) is 0.263. The Kier molecular flexibility index (Phi) is 5.84. The van der Waals surface area contributed by atoms with Crippen LogP contribution in [0.5, 0.6) is 5.75 Å². The van der Waals surface area contributed by atoms with Crippen LogP contribution in [-0.2, 0) is 26.1 Å². The van der Waals surface area contributed by atoms with Crippen LogP contribution in [-0.4, -0.2) is 37.9 Å². The first-order valence-corrected chi connectivity index (χ1v) is 10.2. The second-order valence-electron chi connectivity index (χ2n) is 6.00. The molecule has 0 saturated carbocycles. The van der Waals surface area contributed by atoms with Gasteiger partial charge >= 0.3 is 5.97 Å². The first-order chi connectivity index (χ1) is 13.4. The predicted octanol–water partition coefficient (Wildman–Crippen LogP) is 2.80. The second-order valence-corrected chi connectivity index (χ2v) is 7.68. The minimum Gasteiger partial charge on any atom is -0.497 e. The molecule has 3 rings (SSSR count). The molecule has 0 amide bonds. The van der Waals surface area contributed by atoms with E-state index < -0.39 is 10.0 Å². The molecule has 0 bridgehead atoms. The highest BCUT2D eigenvalue weighted by Crippen LogP contribution is 2.22. The topological polar surface area (TPSA) is 99.5 Å². The fourth-order valence-corrected chi connectivity index (χ4v) is 3.70. The van der Waals surface area contributed by atoms with Gasteiger partial charge in [0.2, 0.25) is 0 Å². The molecule has 8 nitrogen and oxygen atoms in total. The average molecular weight is 403 g/mol. The molecule has 28 heavy (non-hydrogen) atoms. The van der Waals surface area contributed by atoms with Crippen molar-refractivity contribution in [3.05, 3.63) is 48.7 Å². The summed E-state index contributed by atoms with van der Waals surface area (Å²) in [7, 11) is -2.21. The lowest BCUT2D eigenvalue weighted by molar-refractivity contribution is -0.143. The van der Waals surface area contributed by atoms with Gasteiger partial charge in [0.15, 0.2) is 0 Å². The normalized spacial score (nSPS) is 11.4. The van der Waals surface area contributed by atoms with Crippen LogP contribution < -0.4 is 9.46 Å². The highest BCUT2D eigenvalue weighted by Gasteiger charge is 2.15. The number of aryl methyl sites for hydroxylation is 1. The number of nitrogens with one attached hydrogen (secondary N) is 1. The molecule has 1 heterocycles. The number of rotatable bonds is 8. The number of methoxy groups -OCH3 is 1. The Bertz CT molecular complexity index is 1070. The van der Waals surface area contributed by atoms with Gasteiger partial charge in [-0.3, -0.25) is 14.2 Å². The number of nitrogens with zero attached hydrogens (tertiary/aromatic N) is 2. The van der Waals surface area contributed by atoms with E-state index in [0.717, 1.165) is 5.39 Å². The van der Waals surface area contributed by atoms with E-state index >= 15 is 0 Å². The summed E-state index contributed by atoms with van der Waals surface area (Å²) >= 11 is 0. The molecular weight excluding hydrogens is 382 g/mol. The third-order valence-corrected chi connectivity index (χ3v) is 5.42. The second kappa shape index (κ2) is 8.30. The van der Waals surface area contributed by atoms with Crippen LogP contribution in [0.3, 0.4) is 0 Å². The van der Waals surface area contributed by atoms with Gasteiger partial charge in [-0.05, 0) is 49.4 Å². The smallest absolute Gasteiger partial charge is 0.307 e. The summed E-state index contributed by atoms with van der Waals surface area (Å²) in [6.45, 7) is 2.49. The number of aromatic nitrogens is 2. The molecular formula is C19H21N3O5S. The molecule has 0 aliphatic rings. The lowest BCUT2D eigenvalue weighted by Gasteiger charge is -2.08. The molecule has 0 spiro atoms. The summed E-state index contributed by atoms with van der Waals surface area (Å²) in [5.74, 6) is 0.295. The summed E-state index contributed by atoms with van der Waals surface area (Å²) in [6.07, 6.45) is 2.02. The molecule has 0 aliphatic carbocycles. The standard InChI is InChI=1S/C19H21N3O5S/c1-3-27-19(23)10-11-22-13-14-4-5-15(12-18(14)20-22)21-28(24,25)17-8-6-16(26-2)7-9-17/h4-9,12-13,21H,3,10-11H2,1-2H3. The molecule has 148 valence electrons. The van der Waals surface area contributed by atoms with Crippen molar-refractivity contribution < 1.29 is 22.7 Å². The van der Waals surface area contributed by atoms with E-state index in [0.29, 0.717) is 30.1 Å². The van der Waals surface area contributed by atoms with Gasteiger partial charge in [-0.2, -0.15) is 5.10 Å². The monoisotopic (exact) mass is 403 g/mol. The largest absolute Gasteiger partial charge is 0.497 e. The van der Waals surface area contributed by atoms with E-state index in [-0.39, 0.29) is 17.3 Å². The molecule has 9 heteroatoms. The van der Waals surface area contributed by atoms with Crippen LogP contribution in [0, 0.1) is 0 Å². The van der Waals surface area contributed by atoms with Crippen LogP contribution in [0.25, 0.3) is 10.9 Å². The van der Waals surface area contributed by atoms with Gasteiger partial charge in [0, 0.05) is 11.6 Å². The van der Waals surface area contributed by atoms with Crippen molar-refractivity contribution in [3.63, 3.8) is 0 Å². The van der Waals surface area contributed by atoms with Crippen LogP contribution in [0.1, 0.15) is 13.3 Å². The molecule has 0 unspecified atom stereocenters. The SMILES string of the molecule is CCOC(=O)CCn1cc2ccc(NS(=O)(=O)c3ccc(OC)cc3)cc2n1. The molecule has 0 atom stereocenters. The highest BCUT2D eigenvalue weighted by molar-refractivity contribution is 7.92. The first kappa shape index (κ1) is 19.7. The quantitative estimate of drug-likeness (QED) is 0.581. The Labute approximate surface area is 163 Å². The Hall–Kier alpha value is -3.07. The van der Waals surface area contributed by atoms with Crippen molar-refractivity contribution in [2.24, 2.45) is 0 Å². The van der Waals surface area contributed by atoms with E-state index in [1.54, 1.807) is 48.1 Å². The molecule has 3 aromatic rings. The van der Waals surface area contributed by atoms with Crippen LogP contribution in [0.4, 0.5) is 5.69 Å². The summed E-state index contributed by atoms with van der Waals surface area (Å²) in [4.78, 5) is 11.6. The third-order valence-electron chi connectivity index (χ3n) is 4.03. The van der Waals surface area contributed by atoms with Crippen molar-refractivity contribution >= 4 is 32.6 Å². The lowest BCUT2D eigenvalue weighted by atomic mass is 10.2. The van der Waals surface area contributed by atoms with E-state index in [1.807, 2.05) is 0 Å². The number of anilines is 1. The zero-order chi connectivity index (χ0) is 20.1. The molecule has 0 aliphatic heterocycles. The van der Waals surface area contributed by atoms with Crippen molar-refractivity contribution in [3.8, 4) is 5.75 Å². The summed E-state index contributed by atoms with van der Waals surface area (Å²) in [5, 5.41) is 5.23. The number of ether oxygens (including phenoxy) is 2. The molecule has 0 saturated heterocycles. The van der Waals surface area contributed by atoms with Gasteiger partial charge in [-0.1, -0.05) is 0 Å². The van der Waals surface area contributed by atoms with Crippen LogP contribution in [0.2, 0.25) is 0 Å². The van der Waals surface area contributed by atoms with E-state index in [9.17, 15) is 13.2 Å². The molecule has 0 fully saturated rings. The predicted molar refractivity (Wildman–Crippen MR) is 105 cm³/mol. The van der Waals surface area contributed by atoms with Gasteiger partial charge in [-0.25, -0.2) is 8.42 Å². The van der Waals surface area contributed by atoms with Gasteiger partial charge in [0.1, 0.15) is 5.75 Å². The van der Waals surface area contributed by atoms with Crippen LogP contribution >= 0.6 is 0 Å². The fourth-order valence-electron chi connectivity index (χ4n) is 2.65. The maximum Gasteiger partial charge on any atom is 0.307 e. The Morgan fingerprint density at radius 2 is 1.93 bits per heavy atom. The van der Waals surface area contributed by atoms with E-state index in [2.05, 4.69) is 9.82 Å². The molecule has 1 N–H and O–H groups in total. The molecule has 0 radical (unpaired) electrons. The number of sulfonamides is 1. The summed E-state index contributed by atoms with van der Waals surface area (Å²) < 4.78 is 39.2. The number of esters is 1. The van der Waals surface area contributed by atoms with Gasteiger partial charge in [-0.15, -0.1) is 0 Å². The molecule has 1 aromatic heterocycles. The van der Waals surface area contributed by atoms with Crippen molar-refractivity contribution in [2.75, 3.05) is 18.4 Å². The highest BCUT2D eigenvalue weighted by atomic mass is 32.2. The van der Waals surface area contributed by atoms with E-state index in [4.69, 9.17) is 9.47 Å². The summed E-state index contributed by atoms with van der Waals surface area (Å²) in [6, 6.07) is 11.2. The zero-order valence-corrected chi connectivity index (χ0v) is 16.4. The Morgan fingerprint density at radius 1 is 1.18 bits per heavy atom. The number of hydrogen-bond donors (Lipinski definition) is 1. The van der Waals surface area contributed by atoms with Crippen molar-refractivity contribution in [1.82, 2.24) is 9.78 Å². The third kappa shape index (κ3) is 4.61. The molecule has 2 aromatic carbocycles. The van der Waals surface area contributed by atoms with Gasteiger partial charge < -0.3 is 9.47 Å².